The molecule has 0 aliphatic carbocycles. The highest BCUT2D eigenvalue weighted by atomic mass is 79.9. The van der Waals surface area contributed by atoms with Crippen LogP contribution in [0.3, 0.4) is 0 Å². The van der Waals surface area contributed by atoms with Crippen molar-refractivity contribution in [2.45, 2.75) is 45.6 Å². The lowest BCUT2D eigenvalue weighted by molar-refractivity contribution is -0.129. The third kappa shape index (κ3) is 3.94. The van der Waals surface area contributed by atoms with Gasteiger partial charge in [0.2, 0.25) is 5.91 Å². The Bertz CT molecular complexity index is 538. The zero-order chi connectivity index (χ0) is 16.3. The molecule has 5 heteroatoms. The van der Waals surface area contributed by atoms with Crippen molar-refractivity contribution >= 4 is 27.5 Å². The van der Waals surface area contributed by atoms with E-state index in [1.54, 1.807) is 0 Å². The zero-order valence-corrected chi connectivity index (χ0v) is 15.1. The minimum Gasteiger partial charge on any atom is -0.489 e. The summed E-state index contributed by atoms with van der Waals surface area (Å²) in [7, 11) is 0. The topological polar surface area (TPSA) is 55.6 Å². The van der Waals surface area contributed by atoms with Gasteiger partial charge in [0.05, 0.1) is 17.1 Å². The van der Waals surface area contributed by atoms with E-state index in [0.29, 0.717) is 16.9 Å². The van der Waals surface area contributed by atoms with Crippen molar-refractivity contribution in [1.82, 2.24) is 4.90 Å². The maximum absolute atomic E-state index is 11.7. The molecule has 0 unspecified atom stereocenters. The number of benzene rings is 1. The number of nitrogens with two attached hydrogens (primary N) is 1. The number of piperidine rings is 1. The lowest BCUT2D eigenvalue weighted by atomic mass is 9.86. The van der Waals surface area contributed by atoms with Crippen LogP contribution < -0.4 is 10.5 Å². The largest absolute Gasteiger partial charge is 0.489 e. The van der Waals surface area contributed by atoms with Crippen molar-refractivity contribution in [2.75, 3.05) is 24.2 Å². The third-order valence-corrected chi connectivity index (χ3v) is 4.64. The molecular formula is C17H25BrN2O2. The molecule has 22 heavy (non-hydrogen) atoms. The molecule has 0 radical (unpaired) electrons. The summed E-state index contributed by atoms with van der Waals surface area (Å²) >= 11 is 3.24. The first kappa shape index (κ1) is 17.1. The Morgan fingerprint density at radius 1 is 1.41 bits per heavy atom. The second kappa shape index (κ2) is 7.36. The van der Waals surface area contributed by atoms with Gasteiger partial charge < -0.3 is 15.4 Å². The highest BCUT2D eigenvalue weighted by Crippen LogP contribution is 2.35. The third-order valence-electron chi connectivity index (χ3n) is 4.16. The SMILES string of the molecule is Cc1cc(N)c(OC(C)C)cc1C1CCN(C(=O)CBr)CC1. The average Bonchev–Trinajstić information content (AvgIpc) is 2.49. The summed E-state index contributed by atoms with van der Waals surface area (Å²) < 4.78 is 5.81. The zero-order valence-electron chi connectivity index (χ0n) is 13.6. The van der Waals surface area contributed by atoms with Gasteiger partial charge in [0.1, 0.15) is 5.75 Å². The number of hydrogen-bond acceptors (Lipinski definition) is 3. The molecule has 1 amide bonds. The fraction of sp³-hybridized carbons (Fsp3) is 0.588. The van der Waals surface area contributed by atoms with Crippen LogP contribution in [0.2, 0.25) is 0 Å². The molecule has 2 rings (SSSR count). The van der Waals surface area contributed by atoms with Crippen LogP contribution in [-0.2, 0) is 4.79 Å². The summed E-state index contributed by atoms with van der Waals surface area (Å²) in [6, 6.07) is 4.10. The number of ether oxygens (including phenoxy) is 1. The summed E-state index contributed by atoms with van der Waals surface area (Å²) in [5.74, 6) is 1.42. The summed E-state index contributed by atoms with van der Waals surface area (Å²) in [5.41, 5.74) is 9.27. The highest BCUT2D eigenvalue weighted by Gasteiger charge is 2.25. The highest BCUT2D eigenvalue weighted by molar-refractivity contribution is 9.09. The van der Waals surface area contributed by atoms with E-state index in [4.69, 9.17) is 10.5 Å². The first-order valence-corrected chi connectivity index (χ1v) is 8.95. The Balaban J connectivity index is 2.14. The molecule has 0 atom stereocenters. The van der Waals surface area contributed by atoms with Crippen molar-refractivity contribution in [3.63, 3.8) is 0 Å². The number of hydrogen-bond donors (Lipinski definition) is 1. The molecule has 122 valence electrons. The van der Waals surface area contributed by atoms with E-state index < -0.39 is 0 Å². The molecular weight excluding hydrogens is 344 g/mol. The Morgan fingerprint density at radius 2 is 2.05 bits per heavy atom. The molecule has 1 aliphatic heterocycles. The lowest BCUT2D eigenvalue weighted by Crippen LogP contribution is -2.38. The summed E-state index contributed by atoms with van der Waals surface area (Å²) in [4.78, 5) is 13.7. The summed E-state index contributed by atoms with van der Waals surface area (Å²) in [6.45, 7) is 7.74. The van der Waals surface area contributed by atoms with Crippen LogP contribution in [-0.4, -0.2) is 35.3 Å². The Labute approximate surface area is 141 Å². The molecule has 4 nitrogen and oxygen atoms in total. The van der Waals surface area contributed by atoms with Crippen molar-refractivity contribution in [1.29, 1.82) is 0 Å². The number of aryl methyl sites for hydroxylation is 1. The fourth-order valence-corrected chi connectivity index (χ4v) is 3.40. The molecule has 1 fully saturated rings. The maximum atomic E-state index is 11.7. The van der Waals surface area contributed by atoms with E-state index in [1.807, 2.05) is 24.8 Å². The van der Waals surface area contributed by atoms with Gasteiger partial charge in [-0.15, -0.1) is 0 Å². The summed E-state index contributed by atoms with van der Waals surface area (Å²) in [6.07, 6.45) is 2.09. The standard InChI is InChI=1S/C17H25BrN2O2/c1-11(2)22-16-9-14(12(3)8-15(16)19)13-4-6-20(7-5-13)17(21)10-18/h8-9,11,13H,4-7,10,19H2,1-3H3. The quantitative estimate of drug-likeness (QED) is 0.653. The van der Waals surface area contributed by atoms with Crippen LogP contribution in [0.4, 0.5) is 5.69 Å². The van der Waals surface area contributed by atoms with E-state index in [9.17, 15) is 4.79 Å². The monoisotopic (exact) mass is 368 g/mol. The van der Waals surface area contributed by atoms with E-state index in [-0.39, 0.29) is 12.0 Å². The van der Waals surface area contributed by atoms with Gasteiger partial charge in [0, 0.05) is 13.1 Å². The van der Waals surface area contributed by atoms with E-state index in [1.165, 1.54) is 11.1 Å². The number of nitrogens with zero attached hydrogens (tertiary/aromatic N) is 1. The molecule has 1 saturated heterocycles. The van der Waals surface area contributed by atoms with Crippen LogP contribution in [0.5, 0.6) is 5.75 Å². The van der Waals surface area contributed by atoms with Crippen LogP contribution in [0, 0.1) is 6.92 Å². The number of likely N-dealkylation sites (tertiary alicyclic amines) is 1. The molecule has 1 heterocycles. The van der Waals surface area contributed by atoms with E-state index in [2.05, 4.69) is 28.9 Å². The number of carbonyl (C=O) groups is 1. The number of nitrogen functional groups attached to an aromatic ring is 1. The van der Waals surface area contributed by atoms with Crippen LogP contribution in [0.25, 0.3) is 0 Å². The number of carbonyl (C=O) groups excluding carboxylic acids is 1. The maximum Gasteiger partial charge on any atom is 0.233 e. The number of amides is 1. The molecule has 0 saturated carbocycles. The fourth-order valence-electron chi connectivity index (χ4n) is 3.05. The van der Waals surface area contributed by atoms with Crippen LogP contribution >= 0.6 is 15.9 Å². The Kier molecular flexibility index (Phi) is 5.73. The van der Waals surface area contributed by atoms with Crippen LogP contribution in [0.1, 0.15) is 43.7 Å². The van der Waals surface area contributed by atoms with Gasteiger partial charge in [0.25, 0.3) is 0 Å². The molecule has 0 bridgehead atoms. The molecule has 1 aromatic carbocycles. The second-order valence-corrected chi connectivity index (χ2v) is 6.76. The Morgan fingerprint density at radius 3 is 2.59 bits per heavy atom. The van der Waals surface area contributed by atoms with Crippen molar-refractivity contribution < 1.29 is 9.53 Å². The van der Waals surface area contributed by atoms with Gasteiger partial charge in [-0.2, -0.15) is 0 Å². The van der Waals surface area contributed by atoms with Crippen molar-refractivity contribution in [3.8, 4) is 5.75 Å². The van der Waals surface area contributed by atoms with Crippen molar-refractivity contribution in [2.24, 2.45) is 0 Å². The smallest absolute Gasteiger partial charge is 0.233 e. The van der Waals surface area contributed by atoms with Crippen LogP contribution in [0.15, 0.2) is 12.1 Å². The second-order valence-electron chi connectivity index (χ2n) is 6.20. The lowest BCUT2D eigenvalue weighted by Gasteiger charge is -2.33. The number of alkyl halides is 1. The van der Waals surface area contributed by atoms with Gasteiger partial charge in [-0.25, -0.2) is 0 Å². The average molecular weight is 369 g/mol. The van der Waals surface area contributed by atoms with Gasteiger partial charge in [-0.05, 0) is 62.8 Å². The van der Waals surface area contributed by atoms with E-state index in [0.717, 1.165) is 31.7 Å². The minimum atomic E-state index is 0.108. The van der Waals surface area contributed by atoms with Crippen molar-refractivity contribution in [3.05, 3.63) is 23.3 Å². The summed E-state index contributed by atoms with van der Waals surface area (Å²) in [5, 5.41) is 0.408. The first-order chi connectivity index (χ1) is 10.4. The molecule has 0 aromatic heterocycles. The van der Waals surface area contributed by atoms with Gasteiger partial charge >= 0.3 is 0 Å². The Hall–Kier alpha value is -1.23. The molecule has 1 aliphatic rings. The number of halogens is 1. The molecule has 2 N–H and O–H groups in total. The number of rotatable bonds is 4. The van der Waals surface area contributed by atoms with Gasteiger partial charge in [-0.1, -0.05) is 15.9 Å². The normalized spacial score (nSPS) is 16.1. The van der Waals surface area contributed by atoms with Gasteiger partial charge in [-0.3, -0.25) is 4.79 Å². The minimum absolute atomic E-state index is 0.108. The molecule has 0 spiro atoms. The predicted molar refractivity (Wildman–Crippen MR) is 93.7 cm³/mol. The first-order valence-electron chi connectivity index (χ1n) is 7.82. The predicted octanol–water partition coefficient (Wildman–Crippen LogP) is 3.47. The van der Waals surface area contributed by atoms with Gasteiger partial charge in [0.15, 0.2) is 0 Å². The molecule has 1 aromatic rings. The van der Waals surface area contributed by atoms with E-state index >= 15 is 0 Å². The number of anilines is 1.